The smallest absolute Gasteiger partial charge is 0.274 e. The number of hydrogen-bond acceptors (Lipinski definition) is 3. The van der Waals surface area contributed by atoms with Crippen LogP contribution in [0.3, 0.4) is 0 Å². The zero-order chi connectivity index (χ0) is 13.1. The second-order valence-corrected chi connectivity index (χ2v) is 4.82. The van der Waals surface area contributed by atoms with Gasteiger partial charge in [0.2, 0.25) is 5.91 Å². The molecule has 1 N–H and O–H groups in total. The average Bonchev–Trinajstić information content (AvgIpc) is 2.15. The van der Waals surface area contributed by atoms with Gasteiger partial charge < -0.3 is 0 Å². The summed E-state index contributed by atoms with van der Waals surface area (Å²) in [5, 5.41) is 0. The van der Waals surface area contributed by atoms with Crippen molar-refractivity contribution in [2.24, 2.45) is 0 Å². The Morgan fingerprint density at radius 2 is 1.71 bits per heavy atom. The molecule has 1 aromatic carbocycles. The molecule has 94 valence electrons. The lowest BCUT2D eigenvalue weighted by atomic mass is 10.4. The molecule has 0 aliphatic carbocycles. The van der Waals surface area contributed by atoms with Gasteiger partial charge in [0.1, 0.15) is 6.42 Å². The fourth-order valence-electron chi connectivity index (χ4n) is 1.03. The lowest BCUT2D eigenvalue weighted by molar-refractivity contribution is -0.152. The topological polar surface area (TPSA) is 63.2 Å². The third kappa shape index (κ3) is 4.43. The number of rotatable bonds is 3. The fraction of sp³-hybridized carbons (Fsp3) is 0.222. The van der Waals surface area contributed by atoms with Crippen molar-refractivity contribution < 1.29 is 26.4 Å². The van der Waals surface area contributed by atoms with Crippen molar-refractivity contribution in [1.82, 2.24) is 4.72 Å². The zero-order valence-corrected chi connectivity index (χ0v) is 9.18. The lowest BCUT2D eigenvalue weighted by Crippen LogP contribution is -2.33. The number of carbonyl (C=O) groups excluding carboxylic acids is 1. The first kappa shape index (κ1) is 13.5. The molecule has 0 atom stereocenters. The average molecular weight is 267 g/mol. The van der Waals surface area contributed by atoms with E-state index in [-0.39, 0.29) is 4.90 Å². The van der Waals surface area contributed by atoms with Crippen LogP contribution in [-0.2, 0) is 14.8 Å². The van der Waals surface area contributed by atoms with E-state index in [0.717, 1.165) is 0 Å². The summed E-state index contributed by atoms with van der Waals surface area (Å²) in [7, 11) is -4.23. The van der Waals surface area contributed by atoms with Gasteiger partial charge in [0.25, 0.3) is 10.0 Å². The van der Waals surface area contributed by atoms with Crippen molar-refractivity contribution in [2.45, 2.75) is 17.5 Å². The van der Waals surface area contributed by atoms with E-state index in [1.54, 1.807) is 0 Å². The highest BCUT2D eigenvalue weighted by molar-refractivity contribution is 7.90. The van der Waals surface area contributed by atoms with Crippen LogP contribution in [-0.4, -0.2) is 20.5 Å². The maximum atomic E-state index is 11.8. The Hall–Kier alpha value is -1.57. The second-order valence-electron chi connectivity index (χ2n) is 3.13. The van der Waals surface area contributed by atoms with E-state index in [2.05, 4.69) is 0 Å². The molecule has 0 aromatic heterocycles. The summed E-state index contributed by atoms with van der Waals surface area (Å²) in [6.45, 7) is 0. The van der Waals surface area contributed by atoms with Crippen LogP contribution in [0.4, 0.5) is 13.2 Å². The van der Waals surface area contributed by atoms with Crippen LogP contribution in [0, 0.1) is 0 Å². The Morgan fingerprint density at radius 1 is 1.18 bits per heavy atom. The molecule has 1 aromatic rings. The highest BCUT2D eigenvalue weighted by atomic mass is 32.2. The minimum atomic E-state index is -4.74. The van der Waals surface area contributed by atoms with E-state index < -0.39 is 28.5 Å². The first-order valence-corrected chi connectivity index (χ1v) is 5.86. The van der Waals surface area contributed by atoms with Crippen LogP contribution >= 0.6 is 0 Å². The number of halogens is 3. The SMILES string of the molecule is O=C(CC(F)(F)F)NS(=O)(=O)c1ccccc1. The van der Waals surface area contributed by atoms with E-state index in [0.29, 0.717) is 0 Å². The number of sulfonamides is 1. The van der Waals surface area contributed by atoms with Gasteiger partial charge in [-0.05, 0) is 12.1 Å². The van der Waals surface area contributed by atoms with Crippen LogP contribution in [0.15, 0.2) is 35.2 Å². The molecule has 8 heteroatoms. The maximum absolute atomic E-state index is 11.8. The minimum Gasteiger partial charge on any atom is -0.274 e. The van der Waals surface area contributed by atoms with Gasteiger partial charge in [-0.3, -0.25) is 4.79 Å². The zero-order valence-electron chi connectivity index (χ0n) is 8.36. The van der Waals surface area contributed by atoms with Crippen LogP contribution in [0.1, 0.15) is 6.42 Å². The fourth-order valence-corrected chi connectivity index (χ4v) is 2.03. The Bertz CT molecular complexity index is 496. The molecule has 0 fully saturated rings. The highest BCUT2D eigenvalue weighted by Gasteiger charge is 2.33. The van der Waals surface area contributed by atoms with Gasteiger partial charge in [0, 0.05) is 0 Å². The van der Waals surface area contributed by atoms with Crippen molar-refractivity contribution in [1.29, 1.82) is 0 Å². The monoisotopic (exact) mass is 267 g/mol. The molecule has 0 aliphatic rings. The molecule has 4 nitrogen and oxygen atoms in total. The summed E-state index contributed by atoms with van der Waals surface area (Å²) in [6, 6.07) is 6.66. The van der Waals surface area contributed by atoms with Crippen LogP contribution < -0.4 is 4.72 Å². The van der Waals surface area contributed by atoms with Crippen LogP contribution in [0.5, 0.6) is 0 Å². The van der Waals surface area contributed by atoms with E-state index in [1.807, 2.05) is 0 Å². The minimum absolute atomic E-state index is 0.268. The molecule has 0 radical (unpaired) electrons. The summed E-state index contributed by atoms with van der Waals surface area (Å²) < 4.78 is 59.7. The molecule has 0 saturated carbocycles. The molecule has 0 spiro atoms. The van der Waals surface area contributed by atoms with Gasteiger partial charge in [-0.2, -0.15) is 13.2 Å². The normalized spacial score (nSPS) is 12.2. The molecular formula is C9H8F3NO3S. The summed E-state index contributed by atoms with van der Waals surface area (Å²) in [6.07, 6.45) is -6.57. The predicted molar refractivity (Wildman–Crippen MR) is 52.4 cm³/mol. The van der Waals surface area contributed by atoms with Gasteiger partial charge in [-0.1, -0.05) is 18.2 Å². The van der Waals surface area contributed by atoms with Gasteiger partial charge in [-0.15, -0.1) is 0 Å². The van der Waals surface area contributed by atoms with Crippen LogP contribution in [0.2, 0.25) is 0 Å². The summed E-state index contributed by atoms with van der Waals surface area (Å²) in [5.74, 6) is -1.61. The quantitative estimate of drug-likeness (QED) is 0.901. The van der Waals surface area contributed by atoms with Crippen LogP contribution in [0.25, 0.3) is 0 Å². The second kappa shape index (κ2) is 4.74. The first-order valence-electron chi connectivity index (χ1n) is 4.38. The third-order valence-corrected chi connectivity index (χ3v) is 3.05. The van der Waals surface area contributed by atoms with Crippen molar-refractivity contribution in [3.8, 4) is 0 Å². The predicted octanol–water partition coefficient (Wildman–Crippen LogP) is 1.44. The Morgan fingerprint density at radius 3 is 2.18 bits per heavy atom. The number of alkyl halides is 3. The standard InChI is InChI=1S/C9H8F3NO3S/c10-9(11,12)6-8(14)13-17(15,16)7-4-2-1-3-5-7/h1-5H,6H2,(H,13,14). The Labute approximate surface area is 95.5 Å². The molecule has 1 amide bonds. The number of hydrogen-bond donors (Lipinski definition) is 1. The van der Waals surface area contributed by atoms with E-state index >= 15 is 0 Å². The third-order valence-electron chi connectivity index (χ3n) is 1.66. The molecule has 17 heavy (non-hydrogen) atoms. The Balaban J connectivity index is 2.79. The number of benzene rings is 1. The van der Waals surface area contributed by atoms with Crippen molar-refractivity contribution >= 4 is 15.9 Å². The number of carbonyl (C=O) groups is 1. The molecule has 0 bridgehead atoms. The summed E-state index contributed by atoms with van der Waals surface area (Å²) in [4.78, 5) is 10.6. The van der Waals surface area contributed by atoms with Gasteiger partial charge in [0.15, 0.2) is 0 Å². The first-order chi connectivity index (χ1) is 7.71. The summed E-state index contributed by atoms with van der Waals surface area (Å²) in [5.41, 5.74) is 0. The van der Waals surface area contributed by atoms with Crippen molar-refractivity contribution in [3.05, 3.63) is 30.3 Å². The molecule has 0 unspecified atom stereocenters. The molecular weight excluding hydrogens is 259 g/mol. The Kier molecular flexibility index (Phi) is 3.76. The number of amides is 1. The van der Waals surface area contributed by atoms with Crippen molar-refractivity contribution in [3.63, 3.8) is 0 Å². The largest absolute Gasteiger partial charge is 0.397 e. The van der Waals surface area contributed by atoms with Gasteiger partial charge in [0.05, 0.1) is 4.90 Å². The molecule has 0 saturated heterocycles. The summed E-state index contributed by atoms with van der Waals surface area (Å²) >= 11 is 0. The maximum Gasteiger partial charge on any atom is 0.397 e. The van der Waals surface area contributed by atoms with Crippen molar-refractivity contribution in [2.75, 3.05) is 0 Å². The number of nitrogens with one attached hydrogen (secondary N) is 1. The van der Waals surface area contributed by atoms with Gasteiger partial charge >= 0.3 is 6.18 Å². The lowest BCUT2D eigenvalue weighted by Gasteiger charge is -2.08. The van der Waals surface area contributed by atoms with E-state index in [9.17, 15) is 26.4 Å². The molecule has 0 aliphatic heterocycles. The van der Waals surface area contributed by atoms with E-state index in [1.165, 1.54) is 35.1 Å². The highest BCUT2D eigenvalue weighted by Crippen LogP contribution is 2.19. The molecule has 0 heterocycles. The van der Waals surface area contributed by atoms with Gasteiger partial charge in [-0.25, -0.2) is 13.1 Å². The van der Waals surface area contributed by atoms with E-state index in [4.69, 9.17) is 0 Å². The molecule has 1 rings (SSSR count).